The number of nitrogens with zero attached hydrogens (tertiary/aromatic N) is 4. The van der Waals surface area contributed by atoms with Gasteiger partial charge >= 0.3 is 0 Å². The zero-order valence-corrected chi connectivity index (χ0v) is 36.4. The Morgan fingerprint density at radius 2 is 1.02 bits per heavy atom. The lowest BCUT2D eigenvalue weighted by Gasteiger charge is -2.46. The molecule has 5 heteroatoms. The summed E-state index contributed by atoms with van der Waals surface area (Å²) in [6, 6.07) is 60.2. The van der Waals surface area contributed by atoms with Gasteiger partial charge in [-0.05, 0) is 130 Å². The Morgan fingerprint density at radius 1 is 0.403 bits per heavy atom. The van der Waals surface area contributed by atoms with Crippen molar-refractivity contribution in [2.24, 2.45) is 0 Å². The third-order valence-corrected chi connectivity index (χ3v) is 14.1. The zero-order chi connectivity index (χ0) is 42.0. The quantitative estimate of drug-likeness (QED) is 0.162. The maximum atomic E-state index is 2.59. The monoisotopic (exact) mass is 798 g/mol. The summed E-state index contributed by atoms with van der Waals surface area (Å²) in [6.07, 6.45) is 0. The molecule has 4 nitrogen and oxygen atoms in total. The van der Waals surface area contributed by atoms with Crippen LogP contribution in [-0.4, -0.2) is 15.8 Å². The number of hydrogen-bond donors (Lipinski definition) is 0. The molecule has 3 aliphatic heterocycles. The van der Waals surface area contributed by atoms with Gasteiger partial charge in [0.1, 0.15) is 0 Å². The van der Waals surface area contributed by atoms with Gasteiger partial charge in [0.15, 0.2) is 0 Å². The molecule has 0 bridgehead atoms. The van der Waals surface area contributed by atoms with Gasteiger partial charge in [0.25, 0.3) is 6.71 Å². The molecule has 5 heterocycles. The van der Waals surface area contributed by atoms with E-state index in [9.17, 15) is 0 Å². The fraction of sp³-hybridized carbons (Fsp3) is 0.158. The zero-order valence-electron chi connectivity index (χ0n) is 36.4. The molecule has 0 radical (unpaired) electrons. The lowest BCUT2D eigenvalue weighted by molar-refractivity contribution is 0.590. The summed E-state index contributed by atoms with van der Waals surface area (Å²) in [5.74, 6) is 0. The molecule has 8 aromatic carbocycles. The van der Waals surface area contributed by atoms with E-state index in [0.717, 1.165) is 11.4 Å². The van der Waals surface area contributed by atoms with Crippen molar-refractivity contribution in [2.75, 3.05) is 9.80 Å². The van der Waals surface area contributed by atoms with Crippen LogP contribution in [0.15, 0.2) is 158 Å². The third-order valence-electron chi connectivity index (χ3n) is 14.1. The summed E-state index contributed by atoms with van der Waals surface area (Å²) in [6.45, 7) is 16.2. The van der Waals surface area contributed by atoms with Crippen LogP contribution in [-0.2, 0) is 10.8 Å². The Balaban J connectivity index is 1.11. The Labute approximate surface area is 363 Å². The first-order valence-corrected chi connectivity index (χ1v) is 22.1. The van der Waals surface area contributed by atoms with Gasteiger partial charge in [-0.1, -0.05) is 120 Å². The van der Waals surface area contributed by atoms with E-state index in [1.165, 1.54) is 111 Å². The van der Waals surface area contributed by atoms with Gasteiger partial charge < -0.3 is 18.9 Å². The average Bonchev–Trinajstić information content (AvgIpc) is 3.78. The Bertz CT molecular complexity index is 3500. The molecular formula is C57H47BN4. The molecule has 62 heavy (non-hydrogen) atoms. The van der Waals surface area contributed by atoms with Gasteiger partial charge in [-0.2, -0.15) is 0 Å². The molecule has 0 unspecified atom stereocenters. The minimum Gasteiger partial charge on any atom is -0.311 e. The van der Waals surface area contributed by atoms with Gasteiger partial charge in [-0.15, -0.1) is 0 Å². The standard InChI is InChI=1S/C57H47BN4/c1-34-29-51-53-52(30-34)62-48-21-13-18-40-39-17-11-12-20-45(39)61(54(40)48)49-22-14-19-44(55(49)62)58(53)43-26-25-38(33-50(43)59(51)37-15-9-8-10-16-37)60-46-27-23-35(56(2,3)4)31-41(46)42-32-36(57(5,6)7)24-28-47(42)60/h8-33H,1-7H3. The molecule has 10 aromatic rings. The molecular weight excluding hydrogens is 751 g/mol. The van der Waals surface area contributed by atoms with Crippen LogP contribution < -0.4 is 26.2 Å². The Morgan fingerprint density at radius 3 is 1.73 bits per heavy atom. The number of rotatable bonds is 2. The molecule has 298 valence electrons. The summed E-state index contributed by atoms with van der Waals surface area (Å²) in [4.78, 5) is 5.13. The van der Waals surface area contributed by atoms with Gasteiger partial charge in [0.05, 0.1) is 39.1 Å². The van der Waals surface area contributed by atoms with Crippen molar-refractivity contribution < 1.29 is 0 Å². The van der Waals surface area contributed by atoms with Crippen LogP contribution in [0.1, 0.15) is 58.2 Å². The second-order valence-corrected chi connectivity index (χ2v) is 19.9. The van der Waals surface area contributed by atoms with Crippen LogP contribution in [0.2, 0.25) is 0 Å². The number of hydrogen-bond acceptors (Lipinski definition) is 2. The van der Waals surface area contributed by atoms with Gasteiger partial charge in [0.2, 0.25) is 0 Å². The van der Waals surface area contributed by atoms with Crippen LogP contribution in [0.4, 0.5) is 34.1 Å². The maximum absolute atomic E-state index is 2.59. The van der Waals surface area contributed by atoms with Crippen molar-refractivity contribution in [3.8, 4) is 11.4 Å². The van der Waals surface area contributed by atoms with E-state index in [1.54, 1.807) is 0 Å². The van der Waals surface area contributed by atoms with E-state index < -0.39 is 0 Å². The molecule has 3 aliphatic rings. The van der Waals surface area contributed by atoms with Crippen molar-refractivity contribution in [1.82, 2.24) is 9.13 Å². The van der Waals surface area contributed by atoms with E-state index >= 15 is 0 Å². The van der Waals surface area contributed by atoms with E-state index in [2.05, 4.69) is 225 Å². The maximum Gasteiger partial charge on any atom is 0.252 e. The largest absolute Gasteiger partial charge is 0.311 e. The molecule has 0 saturated carbocycles. The summed E-state index contributed by atoms with van der Waals surface area (Å²) in [7, 11) is 0. The van der Waals surface area contributed by atoms with Gasteiger partial charge in [0, 0.05) is 50.0 Å². The van der Waals surface area contributed by atoms with Crippen LogP contribution in [0.3, 0.4) is 0 Å². The van der Waals surface area contributed by atoms with E-state index in [1.807, 2.05) is 0 Å². The van der Waals surface area contributed by atoms with E-state index in [-0.39, 0.29) is 17.5 Å². The molecule has 0 fully saturated rings. The topological polar surface area (TPSA) is 16.3 Å². The molecule has 0 atom stereocenters. The smallest absolute Gasteiger partial charge is 0.252 e. The van der Waals surface area contributed by atoms with Gasteiger partial charge in [-0.3, -0.25) is 0 Å². The van der Waals surface area contributed by atoms with Crippen molar-refractivity contribution >= 4 is 101 Å². The van der Waals surface area contributed by atoms with Gasteiger partial charge in [-0.25, -0.2) is 0 Å². The normalized spacial score (nSPS) is 14.0. The molecule has 2 aromatic heterocycles. The Hall–Kier alpha value is -6.98. The third kappa shape index (κ3) is 4.68. The fourth-order valence-electron chi connectivity index (χ4n) is 11.2. The SMILES string of the molecule is Cc1cc2c3c(c1)N1c4c(cccc4-n4c5ccccc5c5cccc1c54)B3c1ccc(-n3c4ccc(C(C)(C)C)cc4c4cc(C(C)(C)C)ccc43)cc1N2c1ccccc1. The second kappa shape index (κ2) is 12.1. The lowest BCUT2D eigenvalue weighted by atomic mass is 9.33. The second-order valence-electron chi connectivity index (χ2n) is 19.9. The lowest BCUT2D eigenvalue weighted by Crippen LogP contribution is -2.61. The summed E-state index contributed by atoms with van der Waals surface area (Å²) in [5.41, 5.74) is 22.8. The average molecular weight is 799 g/mol. The van der Waals surface area contributed by atoms with Crippen LogP contribution in [0.25, 0.3) is 55.0 Å². The van der Waals surface area contributed by atoms with Crippen molar-refractivity contribution in [3.63, 3.8) is 0 Å². The first kappa shape index (κ1) is 35.7. The molecule has 0 saturated heterocycles. The highest BCUT2D eigenvalue weighted by atomic mass is 15.2. The Kier molecular flexibility index (Phi) is 6.98. The molecule has 0 amide bonds. The van der Waals surface area contributed by atoms with Crippen LogP contribution in [0, 0.1) is 6.92 Å². The molecule has 0 spiro atoms. The summed E-state index contributed by atoms with van der Waals surface area (Å²) < 4.78 is 5.04. The number of benzene rings is 8. The van der Waals surface area contributed by atoms with Crippen molar-refractivity contribution in [3.05, 3.63) is 174 Å². The molecule has 13 rings (SSSR count). The predicted octanol–water partition coefficient (Wildman–Crippen LogP) is 13.2. The number of aromatic nitrogens is 2. The number of para-hydroxylation sites is 4. The minimum atomic E-state index is 0.0280. The van der Waals surface area contributed by atoms with E-state index in [4.69, 9.17) is 0 Å². The van der Waals surface area contributed by atoms with Crippen LogP contribution >= 0.6 is 0 Å². The van der Waals surface area contributed by atoms with E-state index in [0.29, 0.717) is 0 Å². The number of anilines is 6. The van der Waals surface area contributed by atoms with Crippen LogP contribution in [0.5, 0.6) is 0 Å². The minimum absolute atomic E-state index is 0.0280. The molecule has 0 N–H and O–H groups in total. The molecule has 0 aliphatic carbocycles. The number of fused-ring (bicyclic) bond motifs is 12. The summed E-state index contributed by atoms with van der Waals surface area (Å²) >= 11 is 0. The number of aryl methyl sites for hydroxylation is 1. The summed E-state index contributed by atoms with van der Waals surface area (Å²) in [5, 5.41) is 5.18. The first-order valence-electron chi connectivity index (χ1n) is 22.1. The highest BCUT2D eigenvalue weighted by Crippen LogP contribution is 2.52. The highest BCUT2D eigenvalue weighted by Gasteiger charge is 2.46. The first-order chi connectivity index (χ1) is 30.0. The fourth-order valence-corrected chi connectivity index (χ4v) is 11.2. The van der Waals surface area contributed by atoms with Crippen molar-refractivity contribution in [2.45, 2.75) is 59.3 Å². The highest BCUT2D eigenvalue weighted by molar-refractivity contribution is 7.00. The predicted molar refractivity (Wildman–Crippen MR) is 265 cm³/mol. The van der Waals surface area contributed by atoms with Crippen molar-refractivity contribution in [1.29, 1.82) is 0 Å².